The maximum atomic E-state index is 13.2. The van der Waals surface area contributed by atoms with Crippen LogP contribution in [0, 0.1) is 12.7 Å². The molecule has 2 aromatic rings. The van der Waals surface area contributed by atoms with Gasteiger partial charge in [0.15, 0.2) is 0 Å². The third-order valence-corrected chi connectivity index (χ3v) is 4.08. The number of nitrogens with zero attached hydrogens (tertiary/aromatic N) is 2. The van der Waals surface area contributed by atoms with Crippen molar-refractivity contribution in [3.05, 3.63) is 46.0 Å². The van der Waals surface area contributed by atoms with Gasteiger partial charge in [-0.3, -0.25) is 4.68 Å². The maximum Gasteiger partial charge on any atom is 0.131 e. The highest BCUT2D eigenvalue weighted by molar-refractivity contribution is 9.08. The van der Waals surface area contributed by atoms with E-state index in [0.717, 1.165) is 23.5 Å². The lowest BCUT2D eigenvalue weighted by Crippen LogP contribution is -2.07. The van der Waals surface area contributed by atoms with Gasteiger partial charge in [0.25, 0.3) is 0 Å². The Balaban J connectivity index is 2.21. The standard InChI is InChI=1S/C14H15BrClFN2O/c1-3-19-12(14(16)9(2)18-19)8-20-13-5-4-11(17)6-10(13)7-15/h4-6H,3,7-8H2,1-2H3. The van der Waals surface area contributed by atoms with Gasteiger partial charge in [0, 0.05) is 17.4 Å². The minimum Gasteiger partial charge on any atom is -0.487 e. The lowest BCUT2D eigenvalue weighted by atomic mass is 10.2. The molecule has 0 aliphatic rings. The molecule has 20 heavy (non-hydrogen) atoms. The van der Waals surface area contributed by atoms with Gasteiger partial charge >= 0.3 is 0 Å². The second-order valence-electron chi connectivity index (χ2n) is 4.34. The summed E-state index contributed by atoms with van der Waals surface area (Å²) in [5.74, 6) is 0.361. The van der Waals surface area contributed by atoms with Crippen LogP contribution < -0.4 is 4.74 Å². The van der Waals surface area contributed by atoms with E-state index in [-0.39, 0.29) is 5.82 Å². The molecule has 3 nitrogen and oxygen atoms in total. The molecule has 1 aromatic heterocycles. The van der Waals surface area contributed by atoms with E-state index in [1.54, 1.807) is 6.07 Å². The van der Waals surface area contributed by atoms with E-state index >= 15 is 0 Å². The van der Waals surface area contributed by atoms with Gasteiger partial charge in [0.2, 0.25) is 0 Å². The fourth-order valence-electron chi connectivity index (χ4n) is 1.95. The Kier molecular flexibility index (Phi) is 5.05. The number of rotatable bonds is 5. The van der Waals surface area contributed by atoms with Gasteiger partial charge in [-0.1, -0.05) is 27.5 Å². The van der Waals surface area contributed by atoms with E-state index in [2.05, 4.69) is 21.0 Å². The molecule has 0 radical (unpaired) electrons. The van der Waals surface area contributed by atoms with E-state index in [0.29, 0.717) is 22.7 Å². The molecule has 0 spiro atoms. The van der Waals surface area contributed by atoms with Crippen molar-refractivity contribution in [2.24, 2.45) is 0 Å². The highest BCUT2D eigenvalue weighted by atomic mass is 79.9. The summed E-state index contributed by atoms with van der Waals surface area (Å²) in [7, 11) is 0. The number of benzene rings is 1. The first-order chi connectivity index (χ1) is 9.56. The molecular weight excluding hydrogens is 347 g/mol. The van der Waals surface area contributed by atoms with Crippen LogP contribution >= 0.6 is 27.5 Å². The van der Waals surface area contributed by atoms with Gasteiger partial charge in [0.05, 0.1) is 16.4 Å². The Hall–Kier alpha value is -1.07. The average molecular weight is 362 g/mol. The summed E-state index contributed by atoms with van der Waals surface area (Å²) < 4.78 is 20.8. The molecule has 0 amide bonds. The molecule has 0 saturated heterocycles. The van der Waals surface area contributed by atoms with Crippen LogP contribution in [-0.4, -0.2) is 9.78 Å². The molecule has 1 heterocycles. The van der Waals surface area contributed by atoms with Crippen molar-refractivity contribution in [3.8, 4) is 5.75 Å². The minimum absolute atomic E-state index is 0.278. The molecule has 0 aliphatic heterocycles. The van der Waals surface area contributed by atoms with E-state index in [1.165, 1.54) is 12.1 Å². The number of hydrogen-bond acceptors (Lipinski definition) is 2. The molecule has 0 fully saturated rings. The summed E-state index contributed by atoms with van der Waals surface area (Å²) in [6, 6.07) is 4.46. The minimum atomic E-state index is -0.278. The monoisotopic (exact) mass is 360 g/mol. The summed E-state index contributed by atoms with van der Waals surface area (Å²) in [6.07, 6.45) is 0. The van der Waals surface area contributed by atoms with Crippen LogP contribution in [0.15, 0.2) is 18.2 Å². The topological polar surface area (TPSA) is 27.1 Å². The number of alkyl halides is 1. The summed E-state index contributed by atoms with van der Waals surface area (Å²) >= 11 is 9.55. The van der Waals surface area contributed by atoms with Gasteiger partial charge < -0.3 is 4.74 Å². The van der Waals surface area contributed by atoms with Crippen LogP contribution in [0.2, 0.25) is 5.02 Å². The maximum absolute atomic E-state index is 13.2. The van der Waals surface area contributed by atoms with Crippen molar-refractivity contribution in [1.82, 2.24) is 9.78 Å². The van der Waals surface area contributed by atoms with Crippen LogP contribution in [-0.2, 0) is 18.5 Å². The van der Waals surface area contributed by atoms with Crippen LogP contribution in [0.5, 0.6) is 5.75 Å². The highest BCUT2D eigenvalue weighted by Gasteiger charge is 2.14. The highest BCUT2D eigenvalue weighted by Crippen LogP contribution is 2.26. The fourth-order valence-corrected chi connectivity index (χ4v) is 2.57. The van der Waals surface area contributed by atoms with Gasteiger partial charge in [-0.05, 0) is 32.0 Å². The zero-order chi connectivity index (χ0) is 14.7. The van der Waals surface area contributed by atoms with Crippen molar-refractivity contribution < 1.29 is 9.13 Å². The predicted molar refractivity (Wildman–Crippen MR) is 81.0 cm³/mol. The number of hydrogen-bond donors (Lipinski definition) is 0. The van der Waals surface area contributed by atoms with Crippen LogP contribution in [0.3, 0.4) is 0 Å². The molecule has 6 heteroatoms. The summed E-state index contributed by atoms with van der Waals surface area (Å²) in [4.78, 5) is 0. The van der Waals surface area contributed by atoms with Crippen LogP contribution in [0.1, 0.15) is 23.9 Å². The van der Waals surface area contributed by atoms with Crippen molar-refractivity contribution in [2.75, 3.05) is 0 Å². The van der Waals surface area contributed by atoms with Gasteiger partial charge in [-0.15, -0.1) is 0 Å². The van der Waals surface area contributed by atoms with Crippen LogP contribution in [0.25, 0.3) is 0 Å². The number of halogens is 3. The third-order valence-electron chi connectivity index (χ3n) is 2.98. The Morgan fingerprint density at radius 2 is 2.20 bits per heavy atom. The molecule has 0 N–H and O–H groups in total. The van der Waals surface area contributed by atoms with Crippen molar-refractivity contribution in [2.45, 2.75) is 32.3 Å². The first kappa shape index (κ1) is 15.3. The van der Waals surface area contributed by atoms with Gasteiger partial charge in [-0.2, -0.15) is 5.10 Å². The lowest BCUT2D eigenvalue weighted by molar-refractivity contribution is 0.290. The molecule has 0 saturated carbocycles. The average Bonchev–Trinajstić information content (AvgIpc) is 2.72. The Labute approximate surface area is 130 Å². The van der Waals surface area contributed by atoms with E-state index in [4.69, 9.17) is 16.3 Å². The zero-order valence-corrected chi connectivity index (χ0v) is 13.6. The summed E-state index contributed by atoms with van der Waals surface area (Å²) in [6.45, 7) is 4.88. The molecule has 0 atom stereocenters. The number of aromatic nitrogens is 2. The van der Waals surface area contributed by atoms with Gasteiger partial charge in [-0.25, -0.2) is 4.39 Å². The summed E-state index contributed by atoms with van der Waals surface area (Å²) in [5.41, 5.74) is 2.38. The summed E-state index contributed by atoms with van der Waals surface area (Å²) in [5, 5.41) is 5.48. The van der Waals surface area contributed by atoms with E-state index in [1.807, 2.05) is 18.5 Å². The van der Waals surface area contributed by atoms with Crippen molar-refractivity contribution in [1.29, 1.82) is 0 Å². The number of aryl methyl sites for hydroxylation is 2. The zero-order valence-electron chi connectivity index (χ0n) is 11.3. The predicted octanol–water partition coefficient (Wildman–Crippen LogP) is 4.48. The molecule has 0 bridgehead atoms. The van der Waals surface area contributed by atoms with Crippen molar-refractivity contribution in [3.63, 3.8) is 0 Å². The fraction of sp³-hybridized carbons (Fsp3) is 0.357. The normalized spacial score (nSPS) is 10.8. The Bertz CT molecular complexity index is 615. The Morgan fingerprint density at radius 3 is 2.85 bits per heavy atom. The molecule has 1 aromatic carbocycles. The first-order valence-electron chi connectivity index (χ1n) is 6.25. The van der Waals surface area contributed by atoms with E-state index in [9.17, 15) is 4.39 Å². The molecule has 2 rings (SSSR count). The first-order valence-corrected chi connectivity index (χ1v) is 7.75. The van der Waals surface area contributed by atoms with Crippen LogP contribution in [0.4, 0.5) is 4.39 Å². The second kappa shape index (κ2) is 6.59. The SMILES string of the molecule is CCn1nc(C)c(Cl)c1COc1ccc(F)cc1CBr. The van der Waals surface area contributed by atoms with Gasteiger partial charge in [0.1, 0.15) is 18.2 Å². The molecule has 108 valence electrons. The second-order valence-corrected chi connectivity index (χ2v) is 5.27. The third kappa shape index (κ3) is 3.15. The largest absolute Gasteiger partial charge is 0.487 e. The number of ether oxygens (including phenoxy) is 1. The smallest absolute Gasteiger partial charge is 0.131 e. The molecular formula is C14H15BrClFN2O. The quantitative estimate of drug-likeness (QED) is 0.734. The van der Waals surface area contributed by atoms with E-state index < -0.39 is 0 Å². The van der Waals surface area contributed by atoms with Crippen molar-refractivity contribution >= 4 is 27.5 Å². The Morgan fingerprint density at radius 1 is 1.45 bits per heavy atom. The molecule has 0 aliphatic carbocycles. The molecule has 0 unspecified atom stereocenters. The lowest BCUT2D eigenvalue weighted by Gasteiger charge is -2.11.